The van der Waals surface area contributed by atoms with Gasteiger partial charge in [0.2, 0.25) is 0 Å². The van der Waals surface area contributed by atoms with E-state index in [4.69, 9.17) is 4.74 Å². The Balaban J connectivity index is 1.06. The van der Waals surface area contributed by atoms with Crippen LogP contribution in [0.5, 0.6) is 0 Å². The number of rotatable bonds is 7. The topological polar surface area (TPSA) is 138 Å². The summed E-state index contributed by atoms with van der Waals surface area (Å²) >= 11 is 0. The summed E-state index contributed by atoms with van der Waals surface area (Å²) in [4.78, 5) is 93.1. The maximum absolute atomic E-state index is 13.6. The Hall–Kier alpha value is -6.56. The minimum absolute atomic E-state index is 0.0405. The van der Waals surface area contributed by atoms with E-state index in [2.05, 4.69) is 0 Å². The molecule has 0 atom stereocenters. The number of nitrogens with zero attached hydrogens (tertiary/aromatic N) is 3. The minimum atomic E-state index is -0.801. The summed E-state index contributed by atoms with van der Waals surface area (Å²) in [5.74, 6) is -4.53. The Bertz CT molecular complexity index is 2240. The van der Waals surface area contributed by atoms with Crippen molar-refractivity contribution in [2.24, 2.45) is 0 Å². The molecule has 7 rings (SSSR count). The Morgan fingerprint density at radius 2 is 1.24 bits per heavy atom. The van der Waals surface area contributed by atoms with Crippen molar-refractivity contribution >= 4 is 52.7 Å². The first kappa shape index (κ1) is 31.1. The first-order valence-electron chi connectivity index (χ1n) is 15.0. The first-order valence-corrected chi connectivity index (χ1v) is 15.0. The van der Waals surface area contributed by atoms with Gasteiger partial charge in [0, 0.05) is 13.1 Å². The van der Waals surface area contributed by atoms with Crippen molar-refractivity contribution < 1.29 is 42.7 Å². The summed E-state index contributed by atoms with van der Waals surface area (Å²) in [5.41, 5.74) is 3.17. The molecule has 3 aliphatic heterocycles. The van der Waals surface area contributed by atoms with Gasteiger partial charge in [-0.1, -0.05) is 24.3 Å². The van der Waals surface area contributed by atoms with Crippen LogP contribution in [0.3, 0.4) is 0 Å². The summed E-state index contributed by atoms with van der Waals surface area (Å²) in [6.45, 7) is 1.13. The molecule has 0 radical (unpaired) electrons. The van der Waals surface area contributed by atoms with Crippen molar-refractivity contribution in [3.63, 3.8) is 0 Å². The average Bonchev–Trinajstić information content (AvgIpc) is 3.61. The molecule has 242 valence electrons. The van der Waals surface area contributed by atoms with Crippen LogP contribution in [0.25, 0.3) is 16.7 Å². The Labute approximate surface area is 277 Å². The van der Waals surface area contributed by atoms with Gasteiger partial charge in [-0.3, -0.25) is 38.6 Å². The molecule has 0 spiro atoms. The zero-order chi connectivity index (χ0) is 34.7. The van der Waals surface area contributed by atoms with E-state index in [1.165, 1.54) is 49.5 Å². The summed E-state index contributed by atoms with van der Waals surface area (Å²) in [5, 5.41) is 0. The molecule has 6 amide bonds. The Kier molecular flexibility index (Phi) is 7.35. The molecular formula is C37H24FN3O8. The van der Waals surface area contributed by atoms with Crippen molar-refractivity contribution in [3.05, 3.63) is 130 Å². The van der Waals surface area contributed by atoms with Gasteiger partial charge in [0.25, 0.3) is 35.4 Å². The number of hydrogen-bond acceptors (Lipinski definition) is 8. The molecule has 49 heavy (non-hydrogen) atoms. The molecule has 3 aliphatic rings. The molecule has 3 heterocycles. The molecule has 0 N–H and O–H groups in total. The van der Waals surface area contributed by atoms with Gasteiger partial charge in [0.05, 0.1) is 45.6 Å². The fourth-order valence-electron chi connectivity index (χ4n) is 6.08. The zero-order valence-corrected chi connectivity index (χ0v) is 26.0. The van der Waals surface area contributed by atoms with E-state index in [0.717, 1.165) is 20.8 Å². The van der Waals surface area contributed by atoms with Gasteiger partial charge < -0.3 is 4.74 Å². The molecule has 11 nitrogen and oxygen atoms in total. The highest BCUT2D eigenvalue weighted by atomic mass is 19.1. The third-order valence-electron chi connectivity index (χ3n) is 8.58. The molecule has 0 aliphatic carbocycles. The van der Waals surface area contributed by atoms with Gasteiger partial charge in [0.15, 0.2) is 0 Å². The number of benzene rings is 4. The quantitative estimate of drug-likeness (QED) is 0.210. The van der Waals surface area contributed by atoms with E-state index >= 15 is 0 Å². The van der Waals surface area contributed by atoms with Crippen LogP contribution in [0, 0.1) is 12.7 Å². The fraction of sp³-hybridized carbons (Fsp3) is 0.108. The Morgan fingerprint density at radius 1 is 0.673 bits per heavy atom. The number of fused-ring (bicyclic) bond motifs is 2. The lowest BCUT2D eigenvalue weighted by atomic mass is 9.97. The SMILES string of the molecule is Cc1cc(C(=O)OCCN2C(=O)C=C(c3ccc(F)cc3)C2=O)cc(N2C(=O)c3ccc(-c4ccc5c(c4)C(=O)N(C)C5=O)cc3C2=O)c1. The molecule has 0 bridgehead atoms. The maximum atomic E-state index is 13.6. The van der Waals surface area contributed by atoms with E-state index in [1.807, 2.05) is 0 Å². The second-order valence-corrected chi connectivity index (χ2v) is 11.7. The van der Waals surface area contributed by atoms with Gasteiger partial charge in [0.1, 0.15) is 12.4 Å². The van der Waals surface area contributed by atoms with Gasteiger partial charge in [-0.15, -0.1) is 0 Å². The van der Waals surface area contributed by atoms with Crippen molar-refractivity contribution in [1.29, 1.82) is 0 Å². The van der Waals surface area contributed by atoms with Crippen LogP contribution in [0.2, 0.25) is 0 Å². The number of anilines is 1. The number of ether oxygens (including phenoxy) is 1. The highest BCUT2D eigenvalue weighted by molar-refractivity contribution is 6.35. The molecule has 0 fully saturated rings. The fourth-order valence-corrected chi connectivity index (χ4v) is 6.08. The van der Waals surface area contributed by atoms with Gasteiger partial charge >= 0.3 is 5.97 Å². The Morgan fingerprint density at radius 3 is 1.92 bits per heavy atom. The monoisotopic (exact) mass is 657 g/mol. The third-order valence-corrected chi connectivity index (χ3v) is 8.58. The van der Waals surface area contributed by atoms with Crippen LogP contribution in [0.4, 0.5) is 10.1 Å². The van der Waals surface area contributed by atoms with Crippen LogP contribution in [-0.4, -0.2) is 71.4 Å². The molecular weight excluding hydrogens is 633 g/mol. The van der Waals surface area contributed by atoms with Crippen molar-refractivity contribution in [2.75, 3.05) is 25.1 Å². The summed E-state index contributed by atoms with van der Waals surface area (Å²) in [6, 6.07) is 19.1. The van der Waals surface area contributed by atoms with E-state index in [1.54, 1.807) is 43.3 Å². The minimum Gasteiger partial charge on any atom is -0.460 e. The molecule has 0 unspecified atom stereocenters. The largest absolute Gasteiger partial charge is 0.460 e. The molecule has 0 saturated carbocycles. The summed E-state index contributed by atoms with van der Waals surface area (Å²) in [7, 11) is 1.40. The number of halogens is 1. The predicted octanol–water partition coefficient (Wildman–Crippen LogP) is 4.44. The molecule has 4 aromatic rings. The van der Waals surface area contributed by atoms with Gasteiger partial charge in [-0.2, -0.15) is 0 Å². The lowest BCUT2D eigenvalue weighted by molar-refractivity contribution is -0.137. The predicted molar refractivity (Wildman–Crippen MR) is 172 cm³/mol. The lowest BCUT2D eigenvalue weighted by Gasteiger charge is -2.17. The van der Waals surface area contributed by atoms with Crippen molar-refractivity contribution in [3.8, 4) is 11.1 Å². The van der Waals surface area contributed by atoms with Crippen LogP contribution in [0.15, 0.2) is 84.9 Å². The standard InChI is InChI=1S/C37H24FN3O8/c1-19-13-23(37(48)49-12-11-40-31(42)18-28(34(40)45)20-3-7-24(38)8-4-20)15-25(14-19)41-35(46)27-10-6-22(17-30(27)36(41)47)21-5-9-26-29(16-21)33(44)39(2)32(26)43/h3-10,13-18H,11-12H2,1-2H3. The van der Waals surface area contributed by atoms with E-state index < -0.39 is 47.2 Å². The van der Waals surface area contributed by atoms with E-state index in [0.29, 0.717) is 22.3 Å². The molecule has 0 saturated heterocycles. The summed E-state index contributed by atoms with van der Waals surface area (Å²) in [6.07, 6.45) is 1.14. The van der Waals surface area contributed by atoms with Crippen molar-refractivity contribution in [2.45, 2.75) is 6.92 Å². The number of carbonyl (C=O) groups excluding carboxylic acids is 7. The number of aryl methyl sites for hydroxylation is 1. The van der Waals surface area contributed by atoms with Crippen molar-refractivity contribution in [1.82, 2.24) is 9.80 Å². The summed E-state index contributed by atoms with van der Waals surface area (Å²) < 4.78 is 18.6. The average molecular weight is 658 g/mol. The first-order chi connectivity index (χ1) is 23.4. The van der Waals surface area contributed by atoms with E-state index in [9.17, 15) is 38.0 Å². The van der Waals surface area contributed by atoms with Crippen LogP contribution < -0.4 is 4.90 Å². The number of imide groups is 3. The normalized spacial score (nSPS) is 15.3. The number of amides is 6. The van der Waals surface area contributed by atoms with Crippen LogP contribution in [-0.2, 0) is 14.3 Å². The molecule has 0 aromatic heterocycles. The second kappa shape index (κ2) is 11.6. The lowest BCUT2D eigenvalue weighted by Crippen LogP contribution is -2.34. The smallest absolute Gasteiger partial charge is 0.338 e. The molecule has 4 aromatic carbocycles. The number of carbonyl (C=O) groups is 7. The number of esters is 1. The van der Waals surface area contributed by atoms with Crippen LogP contribution >= 0.6 is 0 Å². The van der Waals surface area contributed by atoms with Crippen LogP contribution in [0.1, 0.15) is 62.9 Å². The van der Waals surface area contributed by atoms with Gasteiger partial charge in [-0.25, -0.2) is 14.1 Å². The number of hydrogen-bond donors (Lipinski definition) is 0. The zero-order valence-electron chi connectivity index (χ0n) is 26.0. The highest BCUT2D eigenvalue weighted by Crippen LogP contribution is 2.34. The highest BCUT2D eigenvalue weighted by Gasteiger charge is 2.38. The maximum Gasteiger partial charge on any atom is 0.338 e. The molecule has 12 heteroatoms. The third kappa shape index (κ3) is 5.19. The second-order valence-electron chi connectivity index (χ2n) is 11.7. The van der Waals surface area contributed by atoms with Gasteiger partial charge in [-0.05, 0) is 83.8 Å². The van der Waals surface area contributed by atoms with E-state index in [-0.39, 0.29) is 52.2 Å².